The summed E-state index contributed by atoms with van der Waals surface area (Å²) in [5.41, 5.74) is -1.36. The fourth-order valence-electron chi connectivity index (χ4n) is 1.80. The second-order valence-corrected chi connectivity index (χ2v) is 5.55. The van der Waals surface area contributed by atoms with Crippen LogP contribution in [0.5, 0.6) is 0 Å². The Morgan fingerprint density at radius 1 is 1.00 bits per heavy atom. The van der Waals surface area contributed by atoms with E-state index in [1.165, 1.54) is 43.3 Å². The molecule has 1 atom stereocenters. The van der Waals surface area contributed by atoms with Gasteiger partial charge in [-0.15, -0.1) is 0 Å². The quantitative estimate of drug-likeness (QED) is 0.669. The standard InChI is InChI=1S/C15H13Cl2NO3/c1-15(20,10-2-4-11(16)5-3-10)14(19)18(21)13-8-6-12(17)7-9-13/h2-9,20-21H,1H3/t15-/m1/s1. The van der Waals surface area contributed by atoms with Gasteiger partial charge in [0.05, 0.1) is 5.69 Å². The molecule has 0 bridgehead atoms. The topological polar surface area (TPSA) is 60.8 Å². The number of aliphatic hydroxyl groups is 1. The average molecular weight is 326 g/mol. The van der Waals surface area contributed by atoms with Gasteiger partial charge in [0.1, 0.15) is 0 Å². The number of hydroxylamine groups is 1. The fraction of sp³-hybridized carbons (Fsp3) is 0.133. The summed E-state index contributed by atoms with van der Waals surface area (Å²) in [5, 5.41) is 21.8. The summed E-state index contributed by atoms with van der Waals surface area (Å²) >= 11 is 11.5. The Morgan fingerprint density at radius 2 is 1.43 bits per heavy atom. The zero-order valence-electron chi connectivity index (χ0n) is 11.1. The van der Waals surface area contributed by atoms with Crippen LogP contribution in [-0.2, 0) is 10.4 Å². The van der Waals surface area contributed by atoms with Crippen LogP contribution in [0.4, 0.5) is 5.69 Å². The maximum atomic E-state index is 12.3. The lowest BCUT2D eigenvalue weighted by atomic mass is 9.95. The van der Waals surface area contributed by atoms with Crippen LogP contribution in [0, 0.1) is 0 Å². The minimum Gasteiger partial charge on any atom is -0.375 e. The first-order chi connectivity index (χ1) is 9.82. The maximum Gasteiger partial charge on any atom is 0.286 e. The summed E-state index contributed by atoms with van der Waals surface area (Å²) in [6.07, 6.45) is 0. The largest absolute Gasteiger partial charge is 0.375 e. The smallest absolute Gasteiger partial charge is 0.286 e. The van der Waals surface area contributed by atoms with Gasteiger partial charge < -0.3 is 5.11 Å². The zero-order chi connectivity index (χ0) is 15.6. The Labute approximate surface area is 132 Å². The number of amides is 1. The van der Waals surface area contributed by atoms with Crippen molar-refractivity contribution in [3.63, 3.8) is 0 Å². The molecule has 0 heterocycles. The zero-order valence-corrected chi connectivity index (χ0v) is 12.6. The molecular weight excluding hydrogens is 313 g/mol. The summed E-state index contributed by atoms with van der Waals surface area (Å²) in [6.45, 7) is 1.30. The molecule has 110 valence electrons. The summed E-state index contributed by atoms with van der Waals surface area (Å²) in [7, 11) is 0. The summed E-state index contributed by atoms with van der Waals surface area (Å²) in [4.78, 5) is 12.3. The normalized spacial score (nSPS) is 13.6. The first kappa shape index (κ1) is 15.8. The van der Waals surface area contributed by atoms with Gasteiger partial charge in [0, 0.05) is 10.0 Å². The maximum absolute atomic E-state index is 12.3. The summed E-state index contributed by atoms with van der Waals surface area (Å²) < 4.78 is 0. The average Bonchev–Trinajstić information content (AvgIpc) is 2.47. The lowest BCUT2D eigenvalue weighted by Gasteiger charge is -2.27. The number of benzene rings is 2. The molecule has 0 aliphatic rings. The molecule has 1 amide bonds. The summed E-state index contributed by atoms with van der Waals surface area (Å²) in [6, 6.07) is 12.2. The van der Waals surface area contributed by atoms with Gasteiger partial charge in [0.25, 0.3) is 5.91 Å². The van der Waals surface area contributed by atoms with Crippen molar-refractivity contribution in [1.29, 1.82) is 0 Å². The Kier molecular flexibility index (Phi) is 4.54. The van der Waals surface area contributed by atoms with Crippen molar-refractivity contribution in [3.05, 3.63) is 64.1 Å². The van der Waals surface area contributed by atoms with Crippen molar-refractivity contribution in [1.82, 2.24) is 0 Å². The number of rotatable bonds is 3. The number of hydrogen-bond donors (Lipinski definition) is 2. The molecule has 0 aliphatic carbocycles. The van der Waals surface area contributed by atoms with Crippen molar-refractivity contribution in [2.24, 2.45) is 0 Å². The molecule has 0 spiro atoms. The van der Waals surface area contributed by atoms with Crippen LogP contribution < -0.4 is 5.06 Å². The highest BCUT2D eigenvalue weighted by atomic mass is 35.5. The first-order valence-corrected chi connectivity index (χ1v) is 6.85. The molecule has 0 aromatic heterocycles. The third-order valence-electron chi connectivity index (χ3n) is 3.09. The van der Waals surface area contributed by atoms with Crippen molar-refractivity contribution in [2.45, 2.75) is 12.5 Å². The Hall–Kier alpha value is -1.59. The summed E-state index contributed by atoms with van der Waals surface area (Å²) in [5.74, 6) is -0.882. The van der Waals surface area contributed by atoms with Crippen molar-refractivity contribution < 1.29 is 15.1 Å². The molecule has 4 nitrogen and oxygen atoms in total. The van der Waals surface area contributed by atoms with E-state index in [-0.39, 0.29) is 5.69 Å². The predicted octanol–water partition coefficient (Wildman–Crippen LogP) is 3.62. The van der Waals surface area contributed by atoms with E-state index in [0.29, 0.717) is 20.7 Å². The van der Waals surface area contributed by atoms with E-state index in [9.17, 15) is 15.1 Å². The van der Waals surface area contributed by atoms with Crippen molar-refractivity contribution >= 4 is 34.8 Å². The highest BCUT2D eigenvalue weighted by Crippen LogP contribution is 2.27. The predicted molar refractivity (Wildman–Crippen MR) is 81.7 cm³/mol. The van der Waals surface area contributed by atoms with Crippen molar-refractivity contribution in [3.8, 4) is 0 Å². The molecule has 0 fully saturated rings. The van der Waals surface area contributed by atoms with Gasteiger partial charge in [0.15, 0.2) is 5.60 Å². The highest BCUT2D eigenvalue weighted by Gasteiger charge is 2.36. The second-order valence-electron chi connectivity index (χ2n) is 4.67. The Balaban J connectivity index is 2.28. The van der Waals surface area contributed by atoms with Crippen LogP contribution in [-0.4, -0.2) is 16.2 Å². The van der Waals surface area contributed by atoms with Gasteiger partial charge >= 0.3 is 0 Å². The van der Waals surface area contributed by atoms with Crippen LogP contribution >= 0.6 is 23.2 Å². The molecule has 0 radical (unpaired) electrons. The van der Waals surface area contributed by atoms with E-state index in [4.69, 9.17) is 23.2 Å². The molecule has 0 saturated carbocycles. The lowest BCUT2D eigenvalue weighted by molar-refractivity contribution is -0.141. The molecular formula is C15H13Cl2NO3. The van der Waals surface area contributed by atoms with E-state index in [1.54, 1.807) is 12.1 Å². The van der Waals surface area contributed by atoms with Gasteiger partial charge in [-0.2, -0.15) is 5.06 Å². The van der Waals surface area contributed by atoms with E-state index in [0.717, 1.165) is 0 Å². The van der Waals surface area contributed by atoms with Gasteiger partial charge in [-0.05, 0) is 48.9 Å². The van der Waals surface area contributed by atoms with Gasteiger partial charge in [0.2, 0.25) is 0 Å². The third kappa shape index (κ3) is 3.36. The van der Waals surface area contributed by atoms with E-state index in [1.807, 2.05) is 0 Å². The number of carbonyl (C=O) groups excluding carboxylic acids is 1. The molecule has 2 rings (SSSR count). The number of hydrogen-bond acceptors (Lipinski definition) is 3. The lowest BCUT2D eigenvalue weighted by Crippen LogP contribution is -2.43. The highest BCUT2D eigenvalue weighted by molar-refractivity contribution is 6.30. The van der Waals surface area contributed by atoms with Gasteiger partial charge in [-0.1, -0.05) is 35.3 Å². The minimum atomic E-state index is -1.89. The SMILES string of the molecule is C[C@](O)(C(=O)N(O)c1ccc(Cl)cc1)c1ccc(Cl)cc1. The monoisotopic (exact) mass is 325 g/mol. The number of anilines is 1. The molecule has 6 heteroatoms. The molecule has 2 N–H and O–H groups in total. The van der Waals surface area contributed by atoms with Crippen LogP contribution in [0.2, 0.25) is 10.0 Å². The van der Waals surface area contributed by atoms with Gasteiger partial charge in [-0.25, -0.2) is 0 Å². The third-order valence-corrected chi connectivity index (χ3v) is 3.59. The molecule has 2 aromatic rings. The first-order valence-electron chi connectivity index (χ1n) is 6.10. The molecule has 0 aliphatic heterocycles. The minimum absolute atomic E-state index is 0.207. The van der Waals surface area contributed by atoms with Crippen LogP contribution in [0.15, 0.2) is 48.5 Å². The molecule has 2 aromatic carbocycles. The fourth-order valence-corrected chi connectivity index (χ4v) is 2.06. The van der Waals surface area contributed by atoms with E-state index < -0.39 is 11.5 Å². The van der Waals surface area contributed by atoms with Crippen LogP contribution in [0.1, 0.15) is 12.5 Å². The van der Waals surface area contributed by atoms with Gasteiger partial charge in [-0.3, -0.25) is 10.0 Å². The molecule has 21 heavy (non-hydrogen) atoms. The Morgan fingerprint density at radius 3 is 1.90 bits per heavy atom. The number of halogens is 2. The van der Waals surface area contributed by atoms with Crippen LogP contribution in [0.25, 0.3) is 0 Å². The second kappa shape index (κ2) is 6.03. The molecule has 0 saturated heterocycles. The number of carbonyl (C=O) groups is 1. The Bertz CT molecular complexity index is 639. The van der Waals surface area contributed by atoms with Crippen LogP contribution in [0.3, 0.4) is 0 Å². The van der Waals surface area contributed by atoms with Crippen molar-refractivity contribution in [2.75, 3.05) is 5.06 Å². The van der Waals surface area contributed by atoms with E-state index >= 15 is 0 Å². The van der Waals surface area contributed by atoms with E-state index in [2.05, 4.69) is 0 Å². The number of nitrogens with zero attached hydrogens (tertiary/aromatic N) is 1. The molecule has 0 unspecified atom stereocenters.